The fourth-order valence-electron chi connectivity index (χ4n) is 0.615. The van der Waals surface area contributed by atoms with Gasteiger partial charge < -0.3 is 5.32 Å². The molecular formula is C8H11NOS. The van der Waals surface area contributed by atoms with Crippen molar-refractivity contribution in [2.24, 2.45) is 5.92 Å². The highest BCUT2D eigenvalue weighted by Crippen LogP contribution is 2.15. The fourth-order valence-corrected chi connectivity index (χ4v) is 1.24. The van der Waals surface area contributed by atoms with Crippen LogP contribution in [0, 0.1) is 5.92 Å². The Morgan fingerprint density at radius 3 is 2.82 bits per heavy atom. The Labute approximate surface area is 70.2 Å². The summed E-state index contributed by atoms with van der Waals surface area (Å²) < 4.78 is 0. The predicted molar refractivity (Wildman–Crippen MR) is 47.8 cm³/mol. The maximum Gasteiger partial charge on any atom is 0.227 e. The number of hydrogen-bond acceptors (Lipinski definition) is 2. The molecule has 11 heavy (non-hydrogen) atoms. The summed E-state index contributed by atoms with van der Waals surface area (Å²) in [6.07, 6.45) is 0. The van der Waals surface area contributed by atoms with Crippen LogP contribution in [0.5, 0.6) is 0 Å². The van der Waals surface area contributed by atoms with Crippen molar-refractivity contribution in [1.82, 2.24) is 0 Å². The molecule has 0 saturated carbocycles. The Morgan fingerprint density at radius 1 is 1.64 bits per heavy atom. The zero-order valence-electron chi connectivity index (χ0n) is 6.63. The first-order chi connectivity index (χ1) is 5.20. The zero-order chi connectivity index (χ0) is 8.27. The Balaban J connectivity index is 2.50. The average Bonchev–Trinajstić information content (AvgIpc) is 2.39. The van der Waals surface area contributed by atoms with Crippen LogP contribution in [0.25, 0.3) is 0 Å². The number of rotatable bonds is 2. The van der Waals surface area contributed by atoms with Gasteiger partial charge in [-0.2, -0.15) is 0 Å². The summed E-state index contributed by atoms with van der Waals surface area (Å²) >= 11 is 1.54. The van der Waals surface area contributed by atoms with Gasteiger partial charge in [0.1, 0.15) is 0 Å². The SMILES string of the molecule is CC(C)C(=O)Nc1cccs1. The van der Waals surface area contributed by atoms with E-state index in [1.54, 1.807) is 0 Å². The number of anilines is 1. The minimum Gasteiger partial charge on any atom is -0.317 e. The number of hydrogen-bond donors (Lipinski definition) is 1. The van der Waals surface area contributed by atoms with Crippen LogP contribution in [0.4, 0.5) is 5.00 Å². The first-order valence-electron chi connectivity index (χ1n) is 3.54. The third-order valence-electron chi connectivity index (χ3n) is 1.29. The van der Waals surface area contributed by atoms with Crippen molar-refractivity contribution in [2.75, 3.05) is 5.32 Å². The van der Waals surface area contributed by atoms with E-state index in [1.807, 2.05) is 31.4 Å². The highest BCUT2D eigenvalue weighted by molar-refractivity contribution is 7.14. The molecule has 0 aliphatic carbocycles. The molecule has 0 atom stereocenters. The lowest BCUT2D eigenvalue weighted by Crippen LogP contribution is -2.16. The highest BCUT2D eigenvalue weighted by atomic mass is 32.1. The summed E-state index contributed by atoms with van der Waals surface area (Å²) in [5.74, 6) is 0.129. The number of amides is 1. The fraction of sp³-hybridized carbons (Fsp3) is 0.375. The molecule has 3 heteroatoms. The van der Waals surface area contributed by atoms with Crippen molar-refractivity contribution < 1.29 is 4.79 Å². The van der Waals surface area contributed by atoms with Crippen molar-refractivity contribution in [3.63, 3.8) is 0 Å². The van der Waals surface area contributed by atoms with Gasteiger partial charge >= 0.3 is 0 Å². The lowest BCUT2D eigenvalue weighted by Gasteiger charge is -2.03. The summed E-state index contributed by atoms with van der Waals surface area (Å²) in [5.41, 5.74) is 0. The number of carbonyl (C=O) groups excluding carboxylic acids is 1. The Morgan fingerprint density at radius 2 is 2.36 bits per heavy atom. The molecule has 0 aliphatic rings. The lowest BCUT2D eigenvalue weighted by molar-refractivity contribution is -0.118. The predicted octanol–water partition coefficient (Wildman–Crippen LogP) is 2.34. The molecule has 0 spiro atoms. The molecule has 0 aromatic carbocycles. The molecule has 0 aliphatic heterocycles. The van der Waals surface area contributed by atoms with Crippen LogP contribution in [-0.4, -0.2) is 5.91 Å². The maximum atomic E-state index is 11.1. The molecule has 1 rings (SSSR count). The first kappa shape index (κ1) is 8.27. The summed E-state index contributed by atoms with van der Waals surface area (Å²) in [4.78, 5) is 11.1. The monoisotopic (exact) mass is 169 g/mol. The Hall–Kier alpha value is -0.830. The van der Waals surface area contributed by atoms with Crippen LogP contribution in [-0.2, 0) is 4.79 Å². The van der Waals surface area contributed by atoms with Crippen LogP contribution in [0.2, 0.25) is 0 Å². The van der Waals surface area contributed by atoms with E-state index in [2.05, 4.69) is 5.32 Å². The minimum atomic E-state index is 0.0529. The van der Waals surface area contributed by atoms with Crippen molar-refractivity contribution in [2.45, 2.75) is 13.8 Å². The molecule has 0 fully saturated rings. The second kappa shape index (κ2) is 3.53. The second-order valence-electron chi connectivity index (χ2n) is 2.62. The van der Waals surface area contributed by atoms with Gasteiger partial charge in [-0.05, 0) is 17.5 Å². The third kappa shape index (κ3) is 2.35. The van der Waals surface area contributed by atoms with Gasteiger partial charge in [-0.15, -0.1) is 11.3 Å². The van der Waals surface area contributed by atoms with Gasteiger partial charge in [0.25, 0.3) is 0 Å². The van der Waals surface area contributed by atoms with Crippen LogP contribution in [0.15, 0.2) is 17.5 Å². The van der Waals surface area contributed by atoms with Crippen molar-refractivity contribution >= 4 is 22.2 Å². The molecule has 2 nitrogen and oxygen atoms in total. The van der Waals surface area contributed by atoms with Crippen molar-refractivity contribution in [3.8, 4) is 0 Å². The van der Waals surface area contributed by atoms with E-state index in [9.17, 15) is 4.79 Å². The van der Waals surface area contributed by atoms with E-state index in [4.69, 9.17) is 0 Å². The van der Waals surface area contributed by atoms with Gasteiger partial charge in [0.05, 0.1) is 5.00 Å². The molecule has 1 N–H and O–H groups in total. The van der Waals surface area contributed by atoms with Gasteiger partial charge in [0.15, 0.2) is 0 Å². The molecule has 1 heterocycles. The van der Waals surface area contributed by atoms with E-state index in [-0.39, 0.29) is 11.8 Å². The van der Waals surface area contributed by atoms with Gasteiger partial charge in [0, 0.05) is 5.92 Å². The van der Waals surface area contributed by atoms with Crippen molar-refractivity contribution in [3.05, 3.63) is 17.5 Å². The molecule has 1 aromatic rings. The van der Waals surface area contributed by atoms with E-state index in [0.29, 0.717) is 0 Å². The standard InChI is InChI=1S/C8H11NOS/c1-6(2)8(10)9-7-4-3-5-11-7/h3-6H,1-2H3,(H,9,10). The summed E-state index contributed by atoms with van der Waals surface area (Å²) in [6, 6.07) is 3.81. The molecule has 1 amide bonds. The van der Waals surface area contributed by atoms with Crippen LogP contribution < -0.4 is 5.32 Å². The zero-order valence-corrected chi connectivity index (χ0v) is 7.44. The lowest BCUT2D eigenvalue weighted by atomic mass is 10.2. The number of thiophene rings is 1. The summed E-state index contributed by atoms with van der Waals surface area (Å²) in [5, 5.41) is 5.66. The van der Waals surface area contributed by atoms with Gasteiger partial charge in [-0.1, -0.05) is 13.8 Å². The molecule has 0 bridgehead atoms. The molecule has 0 unspecified atom stereocenters. The van der Waals surface area contributed by atoms with Gasteiger partial charge in [-0.3, -0.25) is 4.79 Å². The average molecular weight is 169 g/mol. The maximum absolute atomic E-state index is 11.1. The summed E-state index contributed by atoms with van der Waals surface area (Å²) in [6.45, 7) is 3.76. The van der Waals surface area contributed by atoms with E-state index in [1.165, 1.54) is 11.3 Å². The second-order valence-corrected chi connectivity index (χ2v) is 3.57. The highest BCUT2D eigenvalue weighted by Gasteiger charge is 2.06. The first-order valence-corrected chi connectivity index (χ1v) is 4.42. The molecule has 0 radical (unpaired) electrons. The van der Waals surface area contributed by atoms with E-state index in [0.717, 1.165) is 5.00 Å². The number of carbonyl (C=O) groups is 1. The Kier molecular flexibility index (Phi) is 2.65. The summed E-state index contributed by atoms with van der Waals surface area (Å²) in [7, 11) is 0. The van der Waals surface area contributed by atoms with E-state index < -0.39 is 0 Å². The largest absolute Gasteiger partial charge is 0.317 e. The number of nitrogens with one attached hydrogen (secondary N) is 1. The van der Waals surface area contributed by atoms with E-state index >= 15 is 0 Å². The van der Waals surface area contributed by atoms with Crippen LogP contribution >= 0.6 is 11.3 Å². The third-order valence-corrected chi connectivity index (χ3v) is 2.08. The minimum absolute atomic E-state index is 0.0529. The van der Waals surface area contributed by atoms with Crippen LogP contribution in [0.1, 0.15) is 13.8 Å². The molecule has 60 valence electrons. The van der Waals surface area contributed by atoms with Crippen LogP contribution in [0.3, 0.4) is 0 Å². The molecule has 1 aromatic heterocycles. The topological polar surface area (TPSA) is 29.1 Å². The Bertz CT molecular complexity index is 228. The normalized spacial score (nSPS) is 10.1. The van der Waals surface area contributed by atoms with Gasteiger partial charge in [-0.25, -0.2) is 0 Å². The van der Waals surface area contributed by atoms with Gasteiger partial charge in [0.2, 0.25) is 5.91 Å². The molecular weight excluding hydrogens is 158 g/mol. The quantitative estimate of drug-likeness (QED) is 0.723. The van der Waals surface area contributed by atoms with Crippen molar-refractivity contribution in [1.29, 1.82) is 0 Å². The molecule has 0 saturated heterocycles. The smallest absolute Gasteiger partial charge is 0.227 e.